The highest BCUT2D eigenvalue weighted by Gasteiger charge is 2.27. The number of hydrogen-bond donors (Lipinski definition) is 2. The number of aryl methyl sites for hydroxylation is 2. The highest BCUT2D eigenvalue weighted by atomic mass is 32.2. The number of amides is 2. The van der Waals surface area contributed by atoms with Crippen LogP contribution in [0.25, 0.3) is 0 Å². The second-order valence-corrected chi connectivity index (χ2v) is 10.8. The lowest BCUT2D eigenvalue weighted by atomic mass is 10.1. The summed E-state index contributed by atoms with van der Waals surface area (Å²) in [6, 6.07) is 29.5. The number of hydrogen-bond acceptors (Lipinski definition) is 4. The van der Waals surface area contributed by atoms with E-state index in [0.717, 1.165) is 21.0 Å². The minimum absolute atomic E-state index is 0.0816. The first-order chi connectivity index (χ1) is 18.2. The van der Waals surface area contributed by atoms with Crippen LogP contribution < -0.4 is 14.9 Å². The summed E-state index contributed by atoms with van der Waals surface area (Å²) < 4.78 is 28.3. The molecule has 8 heteroatoms. The largest absolute Gasteiger partial charge is 0.348 e. The van der Waals surface area contributed by atoms with E-state index < -0.39 is 22.5 Å². The standard InChI is InChI=1S/C30H29N3O4S/c1-22-15-17-26(18-16-22)38(36,37)33(25-12-8-9-23(2)19-25)21-29(34)32-28-14-7-6-13-27(28)30(35)31-20-24-10-4-3-5-11-24/h3-19H,20-21H2,1-2H3,(H,31,35)(H,32,34). The van der Waals surface area contributed by atoms with Gasteiger partial charge < -0.3 is 10.6 Å². The van der Waals surface area contributed by atoms with Crippen LogP contribution in [0, 0.1) is 13.8 Å². The van der Waals surface area contributed by atoms with Crippen LogP contribution >= 0.6 is 0 Å². The molecule has 0 aliphatic rings. The van der Waals surface area contributed by atoms with E-state index in [4.69, 9.17) is 0 Å². The Morgan fingerprint density at radius 2 is 1.45 bits per heavy atom. The van der Waals surface area contributed by atoms with Crippen LogP contribution in [0.5, 0.6) is 0 Å². The quantitative estimate of drug-likeness (QED) is 0.318. The van der Waals surface area contributed by atoms with Gasteiger partial charge in [0.1, 0.15) is 6.54 Å². The van der Waals surface area contributed by atoms with Crippen molar-refractivity contribution >= 4 is 33.2 Å². The Hall–Kier alpha value is -4.43. The monoisotopic (exact) mass is 527 g/mol. The SMILES string of the molecule is Cc1ccc(S(=O)(=O)N(CC(=O)Nc2ccccc2C(=O)NCc2ccccc2)c2cccc(C)c2)cc1. The average Bonchev–Trinajstić information content (AvgIpc) is 2.91. The molecule has 0 radical (unpaired) electrons. The van der Waals surface area contributed by atoms with Crippen LogP contribution in [0.1, 0.15) is 27.0 Å². The van der Waals surface area contributed by atoms with Gasteiger partial charge in [-0.1, -0.05) is 72.3 Å². The number of anilines is 2. The van der Waals surface area contributed by atoms with Crippen LogP contribution in [0.15, 0.2) is 108 Å². The topological polar surface area (TPSA) is 95.6 Å². The summed E-state index contributed by atoms with van der Waals surface area (Å²) in [5, 5.41) is 5.59. The third-order valence-corrected chi connectivity index (χ3v) is 7.72. The Kier molecular flexibility index (Phi) is 8.23. The van der Waals surface area contributed by atoms with E-state index >= 15 is 0 Å². The molecule has 0 heterocycles. The smallest absolute Gasteiger partial charge is 0.264 e. The van der Waals surface area contributed by atoms with Crippen molar-refractivity contribution < 1.29 is 18.0 Å². The zero-order chi connectivity index (χ0) is 27.1. The third-order valence-electron chi connectivity index (χ3n) is 5.93. The van der Waals surface area contributed by atoms with E-state index in [1.165, 1.54) is 12.1 Å². The second kappa shape index (κ2) is 11.7. The van der Waals surface area contributed by atoms with E-state index in [0.29, 0.717) is 17.9 Å². The van der Waals surface area contributed by atoms with E-state index in [-0.39, 0.29) is 16.4 Å². The Morgan fingerprint density at radius 1 is 0.763 bits per heavy atom. The second-order valence-electron chi connectivity index (χ2n) is 8.93. The van der Waals surface area contributed by atoms with Gasteiger partial charge in [-0.3, -0.25) is 13.9 Å². The molecular formula is C30H29N3O4S. The number of nitrogens with one attached hydrogen (secondary N) is 2. The lowest BCUT2D eigenvalue weighted by Gasteiger charge is -2.24. The molecule has 7 nitrogen and oxygen atoms in total. The fourth-order valence-electron chi connectivity index (χ4n) is 3.92. The van der Waals surface area contributed by atoms with Gasteiger partial charge >= 0.3 is 0 Å². The zero-order valence-corrected chi connectivity index (χ0v) is 22.0. The maximum atomic E-state index is 13.6. The van der Waals surface area contributed by atoms with E-state index in [1.807, 2.05) is 50.2 Å². The molecule has 38 heavy (non-hydrogen) atoms. The molecule has 4 aromatic carbocycles. The molecule has 2 amide bonds. The summed E-state index contributed by atoms with van der Waals surface area (Å²) in [6.07, 6.45) is 0. The number of carbonyl (C=O) groups excluding carboxylic acids is 2. The molecular weight excluding hydrogens is 498 g/mol. The summed E-state index contributed by atoms with van der Waals surface area (Å²) in [7, 11) is -4.05. The normalized spacial score (nSPS) is 11.0. The first kappa shape index (κ1) is 26.6. The Morgan fingerprint density at radius 3 is 2.16 bits per heavy atom. The van der Waals surface area contributed by atoms with Crippen LogP contribution in [-0.2, 0) is 21.4 Å². The van der Waals surface area contributed by atoms with Gasteiger partial charge in [-0.2, -0.15) is 0 Å². The van der Waals surface area contributed by atoms with Crippen molar-refractivity contribution in [1.29, 1.82) is 0 Å². The van der Waals surface area contributed by atoms with Gasteiger partial charge in [-0.05, 0) is 61.4 Å². The Labute approximate surface area is 223 Å². The number of sulfonamides is 1. The molecule has 194 valence electrons. The summed E-state index contributed by atoms with van der Waals surface area (Å²) in [5.74, 6) is -0.932. The predicted molar refractivity (Wildman–Crippen MR) is 150 cm³/mol. The van der Waals surface area contributed by atoms with Gasteiger partial charge in [0.2, 0.25) is 5.91 Å². The molecule has 0 saturated heterocycles. The van der Waals surface area contributed by atoms with Crippen molar-refractivity contribution in [2.45, 2.75) is 25.3 Å². The minimum atomic E-state index is -4.05. The summed E-state index contributed by atoms with van der Waals surface area (Å²) in [5.41, 5.74) is 3.66. The van der Waals surface area contributed by atoms with Gasteiger partial charge in [-0.25, -0.2) is 8.42 Å². The summed E-state index contributed by atoms with van der Waals surface area (Å²) >= 11 is 0. The van der Waals surface area contributed by atoms with E-state index in [1.54, 1.807) is 54.6 Å². The molecule has 0 aromatic heterocycles. The number of rotatable bonds is 9. The lowest BCUT2D eigenvalue weighted by molar-refractivity contribution is -0.114. The first-order valence-corrected chi connectivity index (χ1v) is 13.5. The van der Waals surface area contributed by atoms with Crippen LogP contribution in [0.4, 0.5) is 11.4 Å². The van der Waals surface area contributed by atoms with Crippen molar-refractivity contribution in [3.63, 3.8) is 0 Å². The molecule has 4 rings (SSSR count). The van der Waals surface area contributed by atoms with Gasteiger partial charge in [0.15, 0.2) is 0 Å². The molecule has 0 atom stereocenters. The van der Waals surface area contributed by atoms with Crippen molar-refractivity contribution in [1.82, 2.24) is 5.32 Å². The van der Waals surface area contributed by atoms with E-state index in [9.17, 15) is 18.0 Å². The third kappa shape index (κ3) is 6.46. The van der Waals surface area contributed by atoms with Gasteiger partial charge in [0.05, 0.1) is 21.8 Å². The molecule has 0 unspecified atom stereocenters. The number of para-hydroxylation sites is 1. The van der Waals surface area contributed by atoms with Crippen LogP contribution in [0.3, 0.4) is 0 Å². The molecule has 0 spiro atoms. The van der Waals surface area contributed by atoms with Crippen molar-refractivity contribution in [3.05, 3.63) is 125 Å². The Balaban J connectivity index is 1.57. The average molecular weight is 528 g/mol. The molecule has 0 saturated carbocycles. The van der Waals surface area contributed by atoms with E-state index in [2.05, 4.69) is 10.6 Å². The van der Waals surface area contributed by atoms with Crippen LogP contribution in [0.2, 0.25) is 0 Å². The predicted octanol–water partition coefficient (Wildman–Crippen LogP) is 5.07. The Bertz CT molecular complexity index is 1540. The highest BCUT2D eigenvalue weighted by molar-refractivity contribution is 7.92. The molecule has 0 bridgehead atoms. The molecule has 2 N–H and O–H groups in total. The number of nitrogens with zero attached hydrogens (tertiary/aromatic N) is 1. The zero-order valence-electron chi connectivity index (χ0n) is 21.2. The van der Waals surface area contributed by atoms with Crippen LogP contribution in [-0.4, -0.2) is 26.8 Å². The molecule has 0 aliphatic heterocycles. The fraction of sp³-hybridized carbons (Fsp3) is 0.133. The van der Waals surface area contributed by atoms with Crippen molar-refractivity contribution in [3.8, 4) is 0 Å². The lowest BCUT2D eigenvalue weighted by Crippen LogP contribution is -2.38. The van der Waals surface area contributed by atoms with Crippen molar-refractivity contribution in [2.75, 3.05) is 16.2 Å². The van der Waals surface area contributed by atoms with Gasteiger partial charge in [0, 0.05) is 6.54 Å². The molecule has 4 aromatic rings. The number of carbonyl (C=O) groups is 2. The van der Waals surface area contributed by atoms with Gasteiger partial charge in [0.25, 0.3) is 15.9 Å². The van der Waals surface area contributed by atoms with Gasteiger partial charge in [-0.15, -0.1) is 0 Å². The fourth-order valence-corrected chi connectivity index (χ4v) is 5.33. The summed E-state index contributed by atoms with van der Waals surface area (Å²) in [4.78, 5) is 26.2. The van der Waals surface area contributed by atoms with Crippen molar-refractivity contribution in [2.24, 2.45) is 0 Å². The number of benzene rings is 4. The maximum absolute atomic E-state index is 13.6. The highest BCUT2D eigenvalue weighted by Crippen LogP contribution is 2.25. The maximum Gasteiger partial charge on any atom is 0.264 e. The molecule has 0 fully saturated rings. The minimum Gasteiger partial charge on any atom is -0.348 e. The summed E-state index contributed by atoms with van der Waals surface area (Å²) in [6.45, 7) is 3.58. The molecule has 0 aliphatic carbocycles. The first-order valence-electron chi connectivity index (χ1n) is 12.1.